The van der Waals surface area contributed by atoms with Gasteiger partial charge in [-0.1, -0.05) is 4.57 Å². The number of aromatic nitrogens is 1. The zero-order valence-corrected chi connectivity index (χ0v) is 7.92. The topological polar surface area (TPSA) is 30.0 Å². The maximum Gasteiger partial charge on any atom is 0.380 e. The van der Waals surface area contributed by atoms with Crippen LogP contribution in [0.15, 0.2) is 18.3 Å². The molecular weight excluding hydrogens is 169 g/mol. The van der Waals surface area contributed by atoms with Gasteiger partial charge in [0.25, 0.3) is 0 Å². The number of aryl methyl sites for hydroxylation is 1. The number of rotatable bonds is 2. The Bertz CT molecular complexity index is 320. The van der Waals surface area contributed by atoms with Crippen molar-refractivity contribution < 1.29 is 4.57 Å². The monoisotopic (exact) mass is 180 g/mol. The molecule has 12 heavy (non-hydrogen) atoms. The third-order valence-electron chi connectivity index (χ3n) is 2.01. The van der Waals surface area contributed by atoms with Gasteiger partial charge in [0.15, 0.2) is 11.0 Å². The van der Waals surface area contributed by atoms with Gasteiger partial charge in [0.1, 0.15) is 0 Å². The standard InChI is InChI=1S/C9H11NOP/c1-7-6-9(4-5-10-7)12(11)8-2-3-8/h4-6,8H,2-3H2,1H3/q+1. The van der Waals surface area contributed by atoms with Crippen molar-refractivity contribution in [3.8, 4) is 0 Å². The molecule has 3 heteroatoms. The van der Waals surface area contributed by atoms with Crippen LogP contribution >= 0.6 is 7.80 Å². The molecule has 0 N–H and O–H groups in total. The summed E-state index contributed by atoms with van der Waals surface area (Å²) in [6, 6.07) is 3.79. The average molecular weight is 180 g/mol. The molecule has 62 valence electrons. The van der Waals surface area contributed by atoms with Crippen LogP contribution in [0.25, 0.3) is 0 Å². The van der Waals surface area contributed by atoms with Crippen molar-refractivity contribution in [1.29, 1.82) is 0 Å². The largest absolute Gasteiger partial charge is 0.380 e. The smallest absolute Gasteiger partial charge is 0.261 e. The van der Waals surface area contributed by atoms with E-state index in [4.69, 9.17) is 0 Å². The first-order valence-electron chi connectivity index (χ1n) is 4.16. The van der Waals surface area contributed by atoms with Gasteiger partial charge >= 0.3 is 7.80 Å². The molecule has 0 amide bonds. The number of hydrogen-bond acceptors (Lipinski definition) is 2. The van der Waals surface area contributed by atoms with Crippen LogP contribution in [0.5, 0.6) is 0 Å². The van der Waals surface area contributed by atoms with Crippen LogP contribution in [0.2, 0.25) is 0 Å². The average Bonchev–Trinajstić information content (AvgIpc) is 2.85. The second-order valence-corrected chi connectivity index (χ2v) is 5.11. The van der Waals surface area contributed by atoms with Crippen molar-refractivity contribution in [3.63, 3.8) is 0 Å². The zero-order valence-electron chi connectivity index (χ0n) is 7.03. The van der Waals surface area contributed by atoms with E-state index in [0.29, 0.717) is 5.66 Å². The van der Waals surface area contributed by atoms with Crippen LogP contribution < -0.4 is 5.30 Å². The number of pyridine rings is 1. The molecule has 0 aliphatic heterocycles. The molecule has 1 atom stereocenters. The summed E-state index contributed by atoms with van der Waals surface area (Å²) < 4.78 is 11.7. The summed E-state index contributed by atoms with van der Waals surface area (Å²) in [5.74, 6) is 0. The van der Waals surface area contributed by atoms with Crippen LogP contribution in [-0.2, 0) is 4.57 Å². The molecule has 1 heterocycles. The van der Waals surface area contributed by atoms with Crippen molar-refractivity contribution in [2.45, 2.75) is 25.4 Å². The maximum absolute atomic E-state index is 11.7. The highest BCUT2D eigenvalue weighted by atomic mass is 31.1. The summed E-state index contributed by atoms with van der Waals surface area (Å²) in [7, 11) is -1.13. The number of nitrogens with zero attached hydrogens (tertiary/aromatic N) is 1. The quantitative estimate of drug-likeness (QED) is 0.651. The minimum atomic E-state index is -1.13. The highest BCUT2D eigenvalue weighted by Crippen LogP contribution is 2.43. The van der Waals surface area contributed by atoms with Gasteiger partial charge in [0.05, 0.1) is 0 Å². The van der Waals surface area contributed by atoms with E-state index >= 15 is 0 Å². The van der Waals surface area contributed by atoms with Gasteiger partial charge in [0, 0.05) is 24.0 Å². The van der Waals surface area contributed by atoms with Gasteiger partial charge in [-0.25, -0.2) is 0 Å². The minimum absolute atomic E-state index is 0.460. The van der Waals surface area contributed by atoms with Gasteiger partial charge in [-0.05, 0) is 19.8 Å². The van der Waals surface area contributed by atoms with E-state index in [9.17, 15) is 4.57 Å². The molecule has 1 aromatic rings. The van der Waals surface area contributed by atoms with Gasteiger partial charge in [-0.15, -0.1) is 0 Å². The fourth-order valence-electron chi connectivity index (χ4n) is 1.19. The molecule has 0 spiro atoms. The molecular formula is C9H11NOP+. The summed E-state index contributed by atoms with van der Waals surface area (Å²) in [5.41, 5.74) is 1.42. The maximum atomic E-state index is 11.7. The molecule has 1 aromatic heterocycles. The van der Waals surface area contributed by atoms with Crippen molar-refractivity contribution in [1.82, 2.24) is 4.98 Å². The van der Waals surface area contributed by atoms with Gasteiger partial charge in [0.2, 0.25) is 0 Å². The molecule has 1 fully saturated rings. The van der Waals surface area contributed by atoms with E-state index < -0.39 is 7.80 Å². The molecule has 2 nitrogen and oxygen atoms in total. The summed E-state index contributed by atoms with van der Waals surface area (Å²) in [4.78, 5) is 4.07. The summed E-state index contributed by atoms with van der Waals surface area (Å²) in [5, 5.41) is 0.972. The fourth-order valence-corrected chi connectivity index (χ4v) is 2.75. The molecule has 0 aromatic carbocycles. The van der Waals surface area contributed by atoms with Crippen LogP contribution in [0.4, 0.5) is 0 Å². The molecule has 0 bridgehead atoms. The molecule has 2 rings (SSSR count). The van der Waals surface area contributed by atoms with Crippen molar-refractivity contribution >= 4 is 13.1 Å². The normalized spacial score (nSPS) is 17.6. The first-order chi connectivity index (χ1) is 5.77. The third-order valence-corrected chi connectivity index (χ3v) is 3.98. The van der Waals surface area contributed by atoms with E-state index in [-0.39, 0.29) is 0 Å². The van der Waals surface area contributed by atoms with Gasteiger partial charge in [-0.3, -0.25) is 4.98 Å². The molecule has 0 saturated heterocycles. The van der Waals surface area contributed by atoms with E-state index in [1.54, 1.807) is 6.20 Å². The Kier molecular flexibility index (Phi) is 1.93. The lowest BCUT2D eigenvalue weighted by atomic mass is 10.4. The summed E-state index contributed by atoms with van der Waals surface area (Å²) in [6.07, 6.45) is 4.01. The predicted molar refractivity (Wildman–Crippen MR) is 49.2 cm³/mol. The highest BCUT2D eigenvalue weighted by molar-refractivity contribution is 7.54. The SMILES string of the molecule is Cc1cc([P+](=O)C2CC2)ccn1. The summed E-state index contributed by atoms with van der Waals surface area (Å²) in [6.45, 7) is 1.93. The first-order valence-corrected chi connectivity index (χ1v) is 5.49. The van der Waals surface area contributed by atoms with E-state index in [1.165, 1.54) is 0 Å². The first kappa shape index (κ1) is 7.88. The minimum Gasteiger partial charge on any atom is -0.261 e. The second-order valence-electron chi connectivity index (χ2n) is 3.21. The third kappa shape index (κ3) is 1.54. The van der Waals surface area contributed by atoms with E-state index in [2.05, 4.69) is 4.98 Å². The van der Waals surface area contributed by atoms with Crippen LogP contribution in [0.1, 0.15) is 18.5 Å². The second kappa shape index (κ2) is 2.95. The van der Waals surface area contributed by atoms with Crippen LogP contribution in [0.3, 0.4) is 0 Å². The Morgan fingerprint density at radius 1 is 1.58 bits per heavy atom. The Labute approximate surface area is 72.8 Å². The van der Waals surface area contributed by atoms with Gasteiger partial charge < -0.3 is 0 Å². The molecule has 1 unspecified atom stereocenters. The molecule has 1 aliphatic carbocycles. The lowest BCUT2D eigenvalue weighted by Crippen LogP contribution is -2.00. The van der Waals surface area contributed by atoms with E-state index in [1.807, 2.05) is 19.1 Å². The van der Waals surface area contributed by atoms with E-state index in [0.717, 1.165) is 23.8 Å². The van der Waals surface area contributed by atoms with Crippen molar-refractivity contribution in [3.05, 3.63) is 24.0 Å². The highest BCUT2D eigenvalue weighted by Gasteiger charge is 2.42. The number of hydrogen-bond donors (Lipinski definition) is 0. The predicted octanol–water partition coefficient (Wildman–Crippen LogP) is 2.01. The molecule has 0 radical (unpaired) electrons. The lowest BCUT2D eigenvalue weighted by Gasteiger charge is -1.88. The zero-order chi connectivity index (χ0) is 8.55. The molecule has 1 aliphatic rings. The van der Waals surface area contributed by atoms with Gasteiger partial charge in [-0.2, -0.15) is 0 Å². The van der Waals surface area contributed by atoms with Crippen molar-refractivity contribution in [2.24, 2.45) is 0 Å². The van der Waals surface area contributed by atoms with Crippen LogP contribution in [-0.4, -0.2) is 10.6 Å². The van der Waals surface area contributed by atoms with Crippen LogP contribution in [0, 0.1) is 6.92 Å². The summed E-state index contributed by atoms with van der Waals surface area (Å²) >= 11 is 0. The fraction of sp³-hybridized carbons (Fsp3) is 0.444. The Balaban J connectivity index is 2.26. The molecule has 1 saturated carbocycles. The Morgan fingerprint density at radius 3 is 2.92 bits per heavy atom. The Hall–Kier alpha value is -0.750. The lowest BCUT2D eigenvalue weighted by molar-refractivity contribution is 0.592. The Morgan fingerprint density at radius 2 is 2.33 bits per heavy atom. The van der Waals surface area contributed by atoms with Crippen molar-refractivity contribution in [2.75, 3.05) is 0 Å².